The van der Waals surface area contributed by atoms with Crippen LogP contribution in [-0.2, 0) is 14.3 Å². The third kappa shape index (κ3) is 8.36. The molecule has 0 aromatic carbocycles. The largest absolute Gasteiger partial charge is 0.380 e. The summed E-state index contributed by atoms with van der Waals surface area (Å²) >= 11 is 0. The topological polar surface area (TPSA) is 76.8 Å². The van der Waals surface area contributed by atoms with Crippen molar-refractivity contribution in [3.05, 3.63) is 0 Å². The molecule has 1 fully saturated rings. The molecule has 3 N–H and O–H groups in total. The van der Waals surface area contributed by atoms with Crippen LogP contribution in [-0.4, -0.2) is 69.0 Å². The number of hydrogen-bond donors (Lipinski definition) is 2. The van der Waals surface area contributed by atoms with E-state index in [1.54, 1.807) is 0 Å². The molecule has 0 saturated heterocycles. The van der Waals surface area contributed by atoms with Crippen molar-refractivity contribution in [3.8, 4) is 0 Å². The van der Waals surface area contributed by atoms with Gasteiger partial charge in [0, 0.05) is 51.4 Å². The molecule has 0 aromatic rings. The van der Waals surface area contributed by atoms with Gasteiger partial charge in [0.25, 0.3) is 0 Å². The van der Waals surface area contributed by atoms with Crippen molar-refractivity contribution in [2.45, 2.75) is 45.2 Å². The molecule has 124 valence electrons. The van der Waals surface area contributed by atoms with Crippen molar-refractivity contribution in [2.24, 2.45) is 5.73 Å². The number of nitrogens with two attached hydrogens (primary N) is 1. The summed E-state index contributed by atoms with van der Waals surface area (Å²) in [6.07, 6.45) is 2.67. The smallest absolute Gasteiger partial charge is 0.221 e. The van der Waals surface area contributed by atoms with E-state index < -0.39 is 0 Å². The van der Waals surface area contributed by atoms with Crippen LogP contribution < -0.4 is 11.1 Å². The predicted octanol–water partition coefficient (Wildman–Crippen LogP) is 0.357. The van der Waals surface area contributed by atoms with Gasteiger partial charge in [-0.3, -0.25) is 9.69 Å². The Labute approximate surface area is 128 Å². The summed E-state index contributed by atoms with van der Waals surface area (Å²) in [5.74, 6) is 0.103. The third-order valence-electron chi connectivity index (χ3n) is 3.61. The zero-order valence-corrected chi connectivity index (χ0v) is 13.5. The number of nitrogens with one attached hydrogen (secondary N) is 1. The van der Waals surface area contributed by atoms with E-state index >= 15 is 0 Å². The Hall–Kier alpha value is -0.690. The second-order valence-corrected chi connectivity index (χ2v) is 5.37. The molecule has 21 heavy (non-hydrogen) atoms. The molecule has 1 rings (SSSR count). The lowest BCUT2D eigenvalue weighted by molar-refractivity contribution is -0.122. The van der Waals surface area contributed by atoms with E-state index in [1.165, 1.54) is 0 Å². The van der Waals surface area contributed by atoms with E-state index in [2.05, 4.69) is 10.2 Å². The molecule has 1 saturated carbocycles. The molecular weight excluding hydrogens is 270 g/mol. The average Bonchev–Trinajstić information content (AvgIpc) is 3.27. The van der Waals surface area contributed by atoms with Gasteiger partial charge in [-0.15, -0.1) is 0 Å². The standard InChI is InChI=1S/C15H31N3O3/c1-3-20-9-7-18(8-10-21-4-2)14(12-16)11-15(19)17-13-5-6-13/h13-14H,3-12,16H2,1-2H3,(H,17,19). The Kier molecular flexibility index (Phi) is 9.58. The van der Waals surface area contributed by atoms with E-state index in [0.717, 1.165) is 25.9 Å². The van der Waals surface area contributed by atoms with Crippen molar-refractivity contribution in [1.29, 1.82) is 0 Å². The summed E-state index contributed by atoms with van der Waals surface area (Å²) < 4.78 is 10.8. The van der Waals surface area contributed by atoms with Gasteiger partial charge in [0.1, 0.15) is 0 Å². The SMILES string of the molecule is CCOCCN(CCOCC)C(CN)CC(=O)NC1CC1. The van der Waals surface area contributed by atoms with Gasteiger partial charge in [0.15, 0.2) is 0 Å². The van der Waals surface area contributed by atoms with Crippen molar-refractivity contribution in [1.82, 2.24) is 10.2 Å². The maximum Gasteiger partial charge on any atom is 0.221 e. The molecule has 1 aliphatic rings. The number of ether oxygens (including phenoxy) is 2. The fraction of sp³-hybridized carbons (Fsp3) is 0.933. The zero-order chi connectivity index (χ0) is 15.5. The zero-order valence-electron chi connectivity index (χ0n) is 13.5. The van der Waals surface area contributed by atoms with Crippen LogP contribution in [0, 0.1) is 0 Å². The highest BCUT2D eigenvalue weighted by Crippen LogP contribution is 2.19. The molecule has 1 amide bonds. The predicted molar refractivity (Wildman–Crippen MR) is 83.2 cm³/mol. The highest BCUT2D eigenvalue weighted by atomic mass is 16.5. The van der Waals surface area contributed by atoms with Gasteiger partial charge in [0.2, 0.25) is 5.91 Å². The molecule has 6 heteroatoms. The number of hydrogen-bond acceptors (Lipinski definition) is 5. The maximum atomic E-state index is 12.0. The number of amides is 1. The Bertz CT molecular complexity index is 275. The highest BCUT2D eigenvalue weighted by Gasteiger charge is 2.26. The number of carbonyl (C=O) groups is 1. The molecule has 0 heterocycles. The van der Waals surface area contributed by atoms with Crippen LogP contribution in [0.1, 0.15) is 33.1 Å². The van der Waals surface area contributed by atoms with E-state index in [9.17, 15) is 4.79 Å². The van der Waals surface area contributed by atoms with E-state index in [1.807, 2.05) is 13.8 Å². The monoisotopic (exact) mass is 301 g/mol. The fourth-order valence-electron chi connectivity index (χ4n) is 2.22. The van der Waals surface area contributed by atoms with Crippen LogP contribution in [0.25, 0.3) is 0 Å². The summed E-state index contributed by atoms with van der Waals surface area (Å²) in [7, 11) is 0. The summed E-state index contributed by atoms with van der Waals surface area (Å²) in [5.41, 5.74) is 5.87. The van der Waals surface area contributed by atoms with Crippen molar-refractivity contribution in [3.63, 3.8) is 0 Å². The second kappa shape index (κ2) is 11.0. The van der Waals surface area contributed by atoms with Crippen molar-refractivity contribution >= 4 is 5.91 Å². The molecule has 0 aromatic heterocycles. The molecule has 1 unspecified atom stereocenters. The van der Waals surface area contributed by atoms with Crippen LogP contribution in [0.5, 0.6) is 0 Å². The van der Waals surface area contributed by atoms with E-state index in [4.69, 9.17) is 15.2 Å². The molecule has 1 atom stereocenters. The van der Waals surface area contributed by atoms with Crippen molar-refractivity contribution in [2.75, 3.05) is 46.1 Å². The normalized spacial score (nSPS) is 16.2. The number of carbonyl (C=O) groups excluding carboxylic acids is 1. The van der Waals surface area contributed by atoms with Gasteiger partial charge < -0.3 is 20.5 Å². The third-order valence-corrected chi connectivity index (χ3v) is 3.61. The summed E-state index contributed by atoms with van der Waals surface area (Å²) in [5, 5.41) is 3.02. The molecule has 0 aliphatic heterocycles. The summed E-state index contributed by atoms with van der Waals surface area (Å²) in [4.78, 5) is 14.2. The van der Waals surface area contributed by atoms with Crippen molar-refractivity contribution < 1.29 is 14.3 Å². The van der Waals surface area contributed by atoms with Gasteiger partial charge in [-0.25, -0.2) is 0 Å². The Balaban J connectivity index is 2.41. The van der Waals surface area contributed by atoms with Gasteiger partial charge in [-0.05, 0) is 26.7 Å². The van der Waals surface area contributed by atoms with Crippen LogP contribution in [0.4, 0.5) is 0 Å². The first-order valence-corrected chi connectivity index (χ1v) is 8.10. The minimum absolute atomic E-state index is 0.0460. The molecule has 1 aliphatic carbocycles. The lowest BCUT2D eigenvalue weighted by atomic mass is 10.1. The Morgan fingerprint density at radius 3 is 2.24 bits per heavy atom. The molecule has 0 radical (unpaired) electrons. The summed E-state index contributed by atoms with van der Waals surface area (Å²) in [6, 6.07) is 0.445. The van der Waals surface area contributed by atoms with Crippen LogP contribution >= 0.6 is 0 Å². The van der Waals surface area contributed by atoms with Gasteiger partial charge in [0.05, 0.1) is 13.2 Å². The van der Waals surface area contributed by atoms with E-state index in [-0.39, 0.29) is 11.9 Å². The van der Waals surface area contributed by atoms with Gasteiger partial charge in [-0.1, -0.05) is 0 Å². The second-order valence-electron chi connectivity index (χ2n) is 5.37. The van der Waals surface area contributed by atoms with Crippen LogP contribution in [0.15, 0.2) is 0 Å². The average molecular weight is 301 g/mol. The fourth-order valence-corrected chi connectivity index (χ4v) is 2.22. The number of nitrogens with zero attached hydrogens (tertiary/aromatic N) is 1. The molecule has 6 nitrogen and oxygen atoms in total. The van der Waals surface area contributed by atoms with E-state index in [0.29, 0.717) is 45.4 Å². The Morgan fingerprint density at radius 1 is 1.24 bits per heavy atom. The quantitative estimate of drug-likeness (QED) is 0.480. The van der Waals surface area contributed by atoms with Crippen LogP contribution in [0.2, 0.25) is 0 Å². The first-order valence-electron chi connectivity index (χ1n) is 8.10. The van der Waals surface area contributed by atoms with Crippen LogP contribution in [0.3, 0.4) is 0 Å². The minimum Gasteiger partial charge on any atom is -0.380 e. The lowest BCUT2D eigenvalue weighted by Crippen LogP contribution is -2.47. The first kappa shape index (κ1) is 18.4. The lowest BCUT2D eigenvalue weighted by Gasteiger charge is -2.30. The highest BCUT2D eigenvalue weighted by molar-refractivity contribution is 5.77. The van der Waals surface area contributed by atoms with Gasteiger partial charge in [-0.2, -0.15) is 0 Å². The van der Waals surface area contributed by atoms with Gasteiger partial charge >= 0.3 is 0 Å². The maximum absolute atomic E-state index is 12.0. The number of rotatable bonds is 13. The molecule has 0 bridgehead atoms. The first-order chi connectivity index (χ1) is 10.2. The Morgan fingerprint density at radius 2 is 1.81 bits per heavy atom. The summed E-state index contributed by atoms with van der Waals surface area (Å²) in [6.45, 7) is 8.70. The minimum atomic E-state index is 0.0460. The molecule has 0 spiro atoms. The molecular formula is C15H31N3O3.